The number of hydrogen-bond acceptors (Lipinski definition) is 3. The van der Waals surface area contributed by atoms with Crippen molar-refractivity contribution in [3.63, 3.8) is 0 Å². The first-order valence-electron chi connectivity index (χ1n) is 26.6. The fourth-order valence-electron chi connectivity index (χ4n) is 8.20. The highest BCUT2D eigenvalue weighted by molar-refractivity contribution is 5.98. The lowest BCUT2D eigenvalue weighted by Gasteiger charge is -2.27. The van der Waals surface area contributed by atoms with Crippen molar-refractivity contribution in [3.05, 3.63) is 167 Å². The van der Waals surface area contributed by atoms with Crippen LogP contribution in [-0.4, -0.2) is 19.6 Å². The van der Waals surface area contributed by atoms with Crippen LogP contribution in [0, 0.1) is 0 Å². The number of aromatic nitrogens is 3. The third-order valence-corrected chi connectivity index (χ3v) is 12.2. The molecule has 0 amide bonds. The number of aromatic hydroxyl groups is 1. The molecule has 0 saturated carbocycles. The third-order valence-electron chi connectivity index (χ3n) is 12.2. The Balaban J connectivity index is 1.48. The van der Waals surface area contributed by atoms with Crippen LogP contribution in [0.1, 0.15) is 142 Å². The molecule has 1 N–H and O–H groups in total. The van der Waals surface area contributed by atoms with Crippen LogP contribution in [0.2, 0.25) is 0 Å². The first-order chi connectivity index (χ1) is 33.7. The number of fused-ring (bicyclic) bond motifs is 1. The Morgan fingerprint density at radius 1 is 0.554 bits per heavy atom. The van der Waals surface area contributed by atoms with E-state index >= 15 is 0 Å². The molecule has 0 radical (unpaired) electrons. The van der Waals surface area contributed by atoms with E-state index in [0.29, 0.717) is 22.5 Å². The van der Waals surface area contributed by atoms with Gasteiger partial charge in [-0.1, -0.05) is 182 Å². The van der Waals surface area contributed by atoms with E-state index in [-0.39, 0.29) is 63.8 Å². The van der Waals surface area contributed by atoms with Crippen molar-refractivity contribution < 1.29 is 16.1 Å². The van der Waals surface area contributed by atoms with E-state index in [1.807, 2.05) is 101 Å². The number of benzene rings is 6. The summed E-state index contributed by atoms with van der Waals surface area (Å²) in [6.45, 7) is 28.2. The maximum atomic E-state index is 12.6. The van der Waals surface area contributed by atoms with Crippen molar-refractivity contribution >= 4 is 11.0 Å². The molecular formula is C61H67N3O. The van der Waals surface area contributed by atoms with Crippen LogP contribution in [-0.2, 0) is 21.7 Å². The highest BCUT2D eigenvalue weighted by atomic mass is 16.3. The second-order valence-electron chi connectivity index (χ2n) is 21.7. The lowest BCUT2D eigenvalue weighted by molar-refractivity contribution is 0.446. The molecule has 332 valence electrons. The van der Waals surface area contributed by atoms with E-state index in [1.54, 1.807) is 0 Å². The number of para-hydroxylation sites is 1. The standard InChI is InChI=1S/C61H67N3O/c1-38(2)41-25-28-53(49(34-41)40-19-16-15-17-20-40)64-54-22-18-21-48(55(54)63-57(64)50-36-47(60(9,10)11)37-51(56(50)65)61(12,13)14)43-31-44(33-46(32-43)59(6,7)8)52-35-42(29-30-62-52)39-23-26-45(27-24-39)58(3,4)5/h15-38,65H,1-14H3/i23D,24D,26D,27D,29D,30D,35D,38D. The number of hydrogen-bond donors (Lipinski definition) is 1. The van der Waals surface area contributed by atoms with Crippen LogP contribution in [0.3, 0.4) is 0 Å². The van der Waals surface area contributed by atoms with Crippen LogP contribution in [0.5, 0.6) is 5.75 Å². The zero-order valence-corrected chi connectivity index (χ0v) is 40.5. The molecule has 0 atom stereocenters. The number of pyridine rings is 1. The molecule has 0 bridgehead atoms. The van der Waals surface area contributed by atoms with E-state index < -0.39 is 34.4 Å². The van der Waals surface area contributed by atoms with Crippen molar-refractivity contribution in [1.82, 2.24) is 14.5 Å². The highest BCUT2D eigenvalue weighted by Gasteiger charge is 2.30. The minimum Gasteiger partial charge on any atom is -0.507 e. The molecule has 2 aromatic heterocycles. The van der Waals surface area contributed by atoms with Gasteiger partial charge in [-0.2, -0.15) is 0 Å². The lowest BCUT2D eigenvalue weighted by atomic mass is 9.79. The fourth-order valence-corrected chi connectivity index (χ4v) is 8.20. The second kappa shape index (κ2) is 16.6. The summed E-state index contributed by atoms with van der Waals surface area (Å²) in [7, 11) is 0. The van der Waals surface area contributed by atoms with E-state index in [0.717, 1.165) is 55.7 Å². The Labute approximate surface area is 399 Å². The average Bonchev–Trinajstić information content (AvgIpc) is 3.68. The zero-order valence-electron chi connectivity index (χ0n) is 48.5. The van der Waals surface area contributed by atoms with Gasteiger partial charge in [0, 0.05) is 29.8 Å². The summed E-state index contributed by atoms with van der Waals surface area (Å²) in [6.07, 6.45) is -0.466. The van der Waals surface area contributed by atoms with Gasteiger partial charge in [0.15, 0.2) is 0 Å². The summed E-state index contributed by atoms with van der Waals surface area (Å²) in [6, 6.07) is 30.2. The Morgan fingerprint density at radius 3 is 1.83 bits per heavy atom. The molecule has 0 unspecified atom stereocenters. The number of imidazole rings is 1. The molecule has 0 spiro atoms. The summed E-state index contributed by atoms with van der Waals surface area (Å²) in [5, 5.41) is 12.6. The average molecular weight is 866 g/mol. The molecule has 8 rings (SSSR count). The Hall–Kier alpha value is -6.26. The lowest BCUT2D eigenvalue weighted by Crippen LogP contribution is -2.17. The van der Waals surface area contributed by atoms with Crippen molar-refractivity contribution in [2.24, 2.45) is 0 Å². The number of phenolic OH excluding ortho intramolecular Hbond substituents is 1. The second-order valence-corrected chi connectivity index (χ2v) is 21.7. The minimum absolute atomic E-state index is 0.0574. The van der Waals surface area contributed by atoms with Crippen LogP contribution in [0.15, 0.2) is 139 Å². The summed E-state index contributed by atoms with van der Waals surface area (Å²) < 4.78 is 75.2. The molecule has 0 aliphatic rings. The van der Waals surface area contributed by atoms with E-state index in [2.05, 4.69) is 102 Å². The van der Waals surface area contributed by atoms with Gasteiger partial charge < -0.3 is 5.11 Å². The summed E-state index contributed by atoms with van der Waals surface area (Å²) in [5.74, 6) is -0.258. The van der Waals surface area contributed by atoms with Crippen LogP contribution in [0.25, 0.3) is 72.7 Å². The normalized spacial score (nSPS) is 14.6. The molecule has 0 aliphatic heterocycles. The molecule has 0 saturated heterocycles. The van der Waals surface area contributed by atoms with Gasteiger partial charge in [-0.05, 0) is 121 Å². The van der Waals surface area contributed by atoms with E-state index in [1.165, 1.54) is 0 Å². The van der Waals surface area contributed by atoms with Crippen LogP contribution >= 0.6 is 0 Å². The molecule has 4 heteroatoms. The Morgan fingerprint density at radius 2 is 1.20 bits per heavy atom. The van der Waals surface area contributed by atoms with Crippen molar-refractivity contribution in [3.8, 4) is 67.5 Å². The van der Waals surface area contributed by atoms with Gasteiger partial charge in [-0.15, -0.1) is 0 Å². The summed E-state index contributed by atoms with van der Waals surface area (Å²) in [4.78, 5) is 10.1. The van der Waals surface area contributed by atoms with Gasteiger partial charge >= 0.3 is 0 Å². The Bertz CT molecular complexity index is 3480. The van der Waals surface area contributed by atoms with Crippen LogP contribution in [0.4, 0.5) is 0 Å². The van der Waals surface area contributed by atoms with Crippen molar-refractivity contribution in [1.29, 1.82) is 0 Å². The molecule has 0 aliphatic carbocycles. The fraction of sp³-hybridized carbons (Fsp3) is 0.311. The predicted octanol–water partition coefficient (Wildman–Crippen LogP) is 16.8. The molecule has 8 aromatic rings. The third kappa shape index (κ3) is 9.06. The van der Waals surface area contributed by atoms with Gasteiger partial charge in [0.05, 0.1) is 37.6 Å². The van der Waals surface area contributed by atoms with Gasteiger partial charge in [-0.25, -0.2) is 4.98 Å². The topological polar surface area (TPSA) is 50.9 Å². The minimum atomic E-state index is -0.902. The Kier molecular flexibility index (Phi) is 9.21. The molecular weight excluding hydrogens is 791 g/mol. The van der Waals surface area contributed by atoms with Crippen LogP contribution < -0.4 is 0 Å². The maximum absolute atomic E-state index is 12.6. The molecule has 6 aromatic carbocycles. The van der Waals surface area contributed by atoms with Gasteiger partial charge in [0.25, 0.3) is 0 Å². The molecule has 65 heavy (non-hydrogen) atoms. The number of phenols is 1. The van der Waals surface area contributed by atoms with Gasteiger partial charge in [-0.3, -0.25) is 9.55 Å². The van der Waals surface area contributed by atoms with E-state index in [4.69, 9.17) is 14.6 Å². The smallest absolute Gasteiger partial charge is 0.149 e. The molecule has 0 fully saturated rings. The van der Waals surface area contributed by atoms with Gasteiger partial charge in [0.1, 0.15) is 11.6 Å². The largest absolute Gasteiger partial charge is 0.507 e. The SMILES string of the molecule is [2H]c1nc(-c2cc(-c3cccc4c3nc(-c3cc(C(C)(C)C)cc(C(C)(C)C)c3O)n4-c3ccc(C([2H])(C)C)cc3-c3ccccc3)cc(C(C)(C)C)c2)c([2H])c(-c2c([2H])c([2H])c(C(C)(C)C)c([2H])c2[2H])c1[2H]. The quantitative estimate of drug-likeness (QED) is 0.174. The zero-order chi connectivity index (χ0) is 53.8. The monoisotopic (exact) mass is 866 g/mol. The van der Waals surface area contributed by atoms with Crippen molar-refractivity contribution in [2.75, 3.05) is 0 Å². The maximum Gasteiger partial charge on any atom is 0.149 e. The first kappa shape index (κ1) is 36.0. The molecule has 4 nitrogen and oxygen atoms in total. The summed E-state index contributed by atoms with van der Waals surface area (Å²) >= 11 is 0. The molecule has 2 heterocycles. The summed E-state index contributed by atoms with van der Waals surface area (Å²) in [5.41, 5.74) is 8.01. The predicted molar refractivity (Wildman–Crippen MR) is 277 cm³/mol. The number of nitrogens with zero attached hydrogens (tertiary/aromatic N) is 3. The van der Waals surface area contributed by atoms with Gasteiger partial charge in [0.2, 0.25) is 0 Å². The first-order valence-corrected chi connectivity index (χ1v) is 22.6. The highest BCUT2D eigenvalue weighted by Crippen LogP contribution is 2.46. The van der Waals surface area contributed by atoms with E-state index in [9.17, 15) is 6.48 Å². The van der Waals surface area contributed by atoms with Crippen molar-refractivity contribution in [2.45, 2.75) is 124 Å². The number of rotatable bonds is 7.